The number of amides is 1. The van der Waals surface area contributed by atoms with Gasteiger partial charge < -0.3 is 4.42 Å². The molecule has 4 aromatic rings. The highest BCUT2D eigenvalue weighted by Crippen LogP contribution is 2.32. The molecule has 9 heteroatoms. The average Bonchev–Trinajstić information content (AvgIpc) is 3.46. The van der Waals surface area contributed by atoms with E-state index in [9.17, 15) is 13.2 Å². The molecule has 0 saturated carbocycles. The summed E-state index contributed by atoms with van der Waals surface area (Å²) in [7, 11) is -3.28. The number of thioether (sulfide) groups is 1. The van der Waals surface area contributed by atoms with Crippen molar-refractivity contribution in [2.24, 2.45) is 0 Å². The van der Waals surface area contributed by atoms with Crippen LogP contribution in [0.3, 0.4) is 0 Å². The zero-order chi connectivity index (χ0) is 22.7. The highest BCUT2D eigenvalue weighted by Gasteiger charge is 2.22. The van der Waals surface area contributed by atoms with Gasteiger partial charge in [-0.3, -0.25) is 9.69 Å². The zero-order valence-electron chi connectivity index (χ0n) is 17.6. The predicted octanol–water partition coefficient (Wildman–Crippen LogP) is 5.18. The molecule has 2 aromatic carbocycles. The van der Waals surface area contributed by atoms with E-state index in [0.29, 0.717) is 10.9 Å². The molecule has 0 saturated heterocycles. The topological polar surface area (TPSA) is 80.5 Å². The van der Waals surface area contributed by atoms with Crippen molar-refractivity contribution in [1.29, 1.82) is 0 Å². The molecule has 166 valence electrons. The van der Waals surface area contributed by atoms with E-state index in [2.05, 4.69) is 11.1 Å². The summed E-state index contributed by atoms with van der Waals surface area (Å²) < 4.78 is 30.6. The van der Waals surface area contributed by atoms with E-state index in [1.54, 1.807) is 60.2 Å². The first-order valence-corrected chi connectivity index (χ1v) is 13.7. The standard InChI is InChI=1S/C23H22N2O4S3/c1-3-32(27,28)19-9-6-16(7-10-19)13-22(26)25(15-17-5-4-12-29-17)23-24-20-11-8-18(30-2)14-21(20)31-23/h4-12,14H,3,13,15H2,1-2H3. The number of fused-ring (bicyclic) bond motifs is 1. The Balaban J connectivity index is 1.62. The van der Waals surface area contributed by atoms with Gasteiger partial charge in [0.15, 0.2) is 15.0 Å². The second-order valence-corrected chi connectivity index (χ2v) is 11.3. The summed E-state index contributed by atoms with van der Waals surface area (Å²) in [5.41, 5.74) is 1.58. The minimum absolute atomic E-state index is 0.0397. The number of carbonyl (C=O) groups is 1. The number of rotatable bonds is 8. The molecule has 0 aliphatic heterocycles. The zero-order valence-corrected chi connectivity index (χ0v) is 20.1. The van der Waals surface area contributed by atoms with E-state index in [1.165, 1.54) is 11.3 Å². The third-order valence-electron chi connectivity index (χ3n) is 5.03. The Kier molecular flexibility index (Phi) is 6.68. The lowest BCUT2D eigenvalue weighted by Crippen LogP contribution is -2.31. The molecule has 0 aliphatic carbocycles. The maximum absolute atomic E-state index is 13.3. The lowest BCUT2D eigenvalue weighted by molar-refractivity contribution is -0.118. The van der Waals surface area contributed by atoms with Crippen LogP contribution in [0.2, 0.25) is 0 Å². The molecule has 0 fully saturated rings. The predicted molar refractivity (Wildman–Crippen MR) is 129 cm³/mol. The molecule has 32 heavy (non-hydrogen) atoms. The Bertz CT molecular complexity index is 1330. The monoisotopic (exact) mass is 486 g/mol. The van der Waals surface area contributed by atoms with Gasteiger partial charge in [0.1, 0.15) is 5.76 Å². The quantitative estimate of drug-likeness (QED) is 0.319. The molecular weight excluding hydrogens is 464 g/mol. The van der Waals surface area contributed by atoms with Gasteiger partial charge >= 0.3 is 0 Å². The van der Waals surface area contributed by atoms with Crippen molar-refractivity contribution in [1.82, 2.24) is 4.98 Å². The van der Waals surface area contributed by atoms with Crippen molar-refractivity contribution >= 4 is 54.2 Å². The molecule has 1 amide bonds. The van der Waals surface area contributed by atoms with E-state index in [-0.39, 0.29) is 29.5 Å². The lowest BCUT2D eigenvalue weighted by Gasteiger charge is -2.19. The van der Waals surface area contributed by atoms with E-state index in [4.69, 9.17) is 4.42 Å². The van der Waals surface area contributed by atoms with Crippen molar-refractivity contribution in [3.63, 3.8) is 0 Å². The van der Waals surface area contributed by atoms with Crippen LogP contribution < -0.4 is 4.90 Å². The van der Waals surface area contributed by atoms with E-state index >= 15 is 0 Å². The number of aromatic nitrogens is 1. The first-order chi connectivity index (χ1) is 15.4. The number of benzene rings is 2. The molecule has 0 unspecified atom stereocenters. The van der Waals surface area contributed by atoms with Crippen LogP contribution in [0.25, 0.3) is 10.2 Å². The van der Waals surface area contributed by atoms with Crippen LogP contribution in [0.5, 0.6) is 0 Å². The van der Waals surface area contributed by atoms with Crippen LogP contribution in [0.4, 0.5) is 5.13 Å². The SMILES string of the molecule is CCS(=O)(=O)c1ccc(CC(=O)N(Cc2ccco2)c2nc3ccc(SC)cc3s2)cc1. The van der Waals surface area contributed by atoms with Crippen molar-refractivity contribution in [2.75, 3.05) is 16.9 Å². The third kappa shape index (κ3) is 4.90. The van der Waals surface area contributed by atoms with Gasteiger partial charge in [0.25, 0.3) is 0 Å². The van der Waals surface area contributed by atoms with Gasteiger partial charge in [-0.2, -0.15) is 0 Å². The molecule has 0 atom stereocenters. The second kappa shape index (κ2) is 9.48. The normalized spacial score (nSPS) is 11.7. The molecule has 0 radical (unpaired) electrons. The largest absolute Gasteiger partial charge is 0.467 e. The molecule has 2 heterocycles. The van der Waals surface area contributed by atoms with Crippen LogP contribution in [-0.4, -0.2) is 31.3 Å². The van der Waals surface area contributed by atoms with Gasteiger partial charge in [-0.15, -0.1) is 11.8 Å². The Labute approximate surface area is 195 Å². The summed E-state index contributed by atoms with van der Waals surface area (Å²) in [5, 5.41) is 0.602. The summed E-state index contributed by atoms with van der Waals surface area (Å²) in [6.07, 6.45) is 3.72. The summed E-state index contributed by atoms with van der Waals surface area (Å²) in [6.45, 7) is 1.88. The fourth-order valence-electron chi connectivity index (χ4n) is 3.21. The molecule has 0 bridgehead atoms. The number of sulfone groups is 1. The van der Waals surface area contributed by atoms with Gasteiger partial charge in [0.05, 0.1) is 40.1 Å². The van der Waals surface area contributed by atoms with E-state index < -0.39 is 9.84 Å². The highest BCUT2D eigenvalue weighted by atomic mass is 32.2. The average molecular weight is 487 g/mol. The molecule has 0 N–H and O–H groups in total. The Morgan fingerprint density at radius 2 is 1.94 bits per heavy atom. The van der Waals surface area contributed by atoms with Gasteiger partial charge in [0, 0.05) is 4.90 Å². The van der Waals surface area contributed by atoms with Crippen molar-refractivity contribution in [2.45, 2.75) is 29.7 Å². The smallest absolute Gasteiger partial charge is 0.233 e. The summed E-state index contributed by atoms with van der Waals surface area (Å²) in [5.74, 6) is 0.557. The van der Waals surface area contributed by atoms with Crippen LogP contribution in [0.15, 0.2) is 75.1 Å². The number of carbonyl (C=O) groups excluding carboxylic acids is 1. The van der Waals surface area contributed by atoms with Crippen LogP contribution >= 0.6 is 23.1 Å². The van der Waals surface area contributed by atoms with Crippen LogP contribution in [-0.2, 0) is 27.6 Å². The van der Waals surface area contributed by atoms with Crippen LogP contribution in [0, 0.1) is 0 Å². The fraction of sp³-hybridized carbons (Fsp3) is 0.217. The number of hydrogen-bond donors (Lipinski definition) is 0. The second-order valence-electron chi connectivity index (χ2n) is 7.11. The number of anilines is 1. The van der Waals surface area contributed by atoms with Gasteiger partial charge in [-0.1, -0.05) is 30.4 Å². The minimum atomic E-state index is -3.28. The van der Waals surface area contributed by atoms with Crippen LogP contribution in [0.1, 0.15) is 18.2 Å². The molecule has 0 spiro atoms. The van der Waals surface area contributed by atoms with Gasteiger partial charge in [-0.05, 0) is 54.3 Å². The van der Waals surface area contributed by atoms with Gasteiger partial charge in [0.2, 0.25) is 5.91 Å². The number of thiazole rings is 1. The molecular formula is C23H22N2O4S3. The number of hydrogen-bond acceptors (Lipinski definition) is 7. The number of nitrogens with zero attached hydrogens (tertiary/aromatic N) is 2. The Morgan fingerprint density at radius 1 is 1.16 bits per heavy atom. The first-order valence-electron chi connectivity index (χ1n) is 9.98. The third-order valence-corrected chi connectivity index (χ3v) is 8.55. The summed E-state index contributed by atoms with van der Waals surface area (Å²) in [4.78, 5) is 21.0. The maximum Gasteiger partial charge on any atom is 0.233 e. The molecule has 0 aliphatic rings. The first kappa shape index (κ1) is 22.6. The summed E-state index contributed by atoms with van der Waals surface area (Å²) in [6, 6.07) is 16.1. The van der Waals surface area contributed by atoms with Crippen molar-refractivity contribution < 1.29 is 17.6 Å². The minimum Gasteiger partial charge on any atom is -0.467 e. The van der Waals surface area contributed by atoms with Crippen molar-refractivity contribution in [3.8, 4) is 0 Å². The van der Waals surface area contributed by atoms with Gasteiger partial charge in [-0.25, -0.2) is 13.4 Å². The van der Waals surface area contributed by atoms with Crippen molar-refractivity contribution in [3.05, 3.63) is 72.2 Å². The number of furan rings is 1. The Morgan fingerprint density at radius 3 is 2.59 bits per heavy atom. The highest BCUT2D eigenvalue weighted by molar-refractivity contribution is 7.98. The maximum atomic E-state index is 13.3. The fourth-order valence-corrected chi connectivity index (χ4v) is 5.63. The van der Waals surface area contributed by atoms with E-state index in [0.717, 1.165) is 20.7 Å². The summed E-state index contributed by atoms with van der Waals surface area (Å²) >= 11 is 3.12. The molecule has 2 aromatic heterocycles. The Hall–Kier alpha value is -2.62. The van der Waals surface area contributed by atoms with E-state index in [1.807, 2.05) is 24.5 Å². The lowest BCUT2D eigenvalue weighted by atomic mass is 10.1. The molecule has 4 rings (SSSR count). The molecule has 6 nitrogen and oxygen atoms in total.